The predicted octanol–water partition coefficient (Wildman–Crippen LogP) is 3.59. The van der Waals surface area contributed by atoms with Gasteiger partial charge in [0.2, 0.25) is 5.91 Å². The average molecular weight is 420 g/mol. The fourth-order valence-corrected chi connectivity index (χ4v) is 4.35. The van der Waals surface area contributed by atoms with Gasteiger partial charge in [0.25, 0.3) is 0 Å². The smallest absolute Gasteiger partial charge is 0.223 e. The molecule has 0 aliphatic carbocycles. The summed E-state index contributed by atoms with van der Waals surface area (Å²) in [6.45, 7) is 9.49. The Morgan fingerprint density at radius 3 is 2.74 bits per heavy atom. The zero-order valence-electron chi connectivity index (χ0n) is 18.1. The number of fused-ring (bicyclic) bond motifs is 1. The number of para-hydroxylation sites is 2. The van der Waals surface area contributed by atoms with Gasteiger partial charge in [-0.15, -0.1) is 6.58 Å². The van der Waals surface area contributed by atoms with Crippen LogP contribution in [0.4, 0.5) is 0 Å². The van der Waals surface area contributed by atoms with Gasteiger partial charge in [0, 0.05) is 25.4 Å². The largest absolute Gasteiger partial charge is 0.491 e. The second-order valence-electron chi connectivity index (χ2n) is 8.35. The zero-order chi connectivity index (χ0) is 22.0. The van der Waals surface area contributed by atoms with Gasteiger partial charge in [-0.1, -0.05) is 24.3 Å². The van der Waals surface area contributed by atoms with Crippen molar-refractivity contribution in [2.45, 2.75) is 38.8 Å². The maximum atomic E-state index is 12.4. The number of carbonyl (C=O) groups is 1. The lowest BCUT2D eigenvalue weighted by atomic mass is 10.1. The highest BCUT2D eigenvalue weighted by Crippen LogP contribution is 2.30. The van der Waals surface area contributed by atoms with E-state index in [0.29, 0.717) is 26.1 Å². The average Bonchev–Trinajstić information content (AvgIpc) is 3.27. The van der Waals surface area contributed by atoms with E-state index in [-0.39, 0.29) is 18.4 Å². The van der Waals surface area contributed by atoms with Crippen molar-refractivity contribution in [3.05, 3.63) is 72.1 Å². The second-order valence-corrected chi connectivity index (χ2v) is 8.35. The summed E-state index contributed by atoms with van der Waals surface area (Å²) in [4.78, 5) is 19.0. The summed E-state index contributed by atoms with van der Waals surface area (Å²) in [6, 6.07) is 13.9. The van der Waals surface area contributed by atoms with Crippen LogP contribution in [0.25, 0.3) is 11.0 Å². The first-order valence-corrected chi connectivity index (χ1v) is 10.7. The van der Waals surface area contributed by atoms with Gasteiger partial charge in [0.05, 0.1) is 17.6 Å². The number of hydrogen-bond donors (Lipinski definition) is 1. The van der Waals surface area contributed by atoms with Crippen LogP contribution in [0.15, 0.2) is 55.1 Å². The Bertz CT molecular complexity index is 1080. The molecule has 6 nitrogen and oxygen atoms in total. The van der Waals surface area contributed by atoms with E-state index in [1.54, 1.807) is 11.0 Å². The number of hydrogen-bond acceptors (Lipinski definition) is 4. The van der Waals surface area contributed by atoms with Crippen LogP contribution in [-0.4, -0.2) is 51.3 Å². The molecule has 162 valence electrons. The third-order valence-electron chi connectivity index (χ3n) is 5.64. The van der Waals surface area contributed by atoms with Crippen LogP contribution in [-0.2, 0) is 11.3 Å². The summed E-state index contributed by atoms with van der Waals surface area (Å²) in [5.41, 5.74) is 4.08. The van der Waals surface area contributed by atoms with Crippen molar-refractivity contribution >= 4 is 16.9 Å². The molecule has 2 atom stereocenters. The minimum absolute atomic E-state index is 0.00705. The minimum Gasteiger partial charge on any atom is -0.491 e. The summed E-state index contributed by atoms with van der Waals surface area (Å²) in [5, 5.41) is 10.8. The van der Waals surface area contributed by atoms with Gasteiger partial charge in [0.1, 0.15) is 24.3 Å². The molecule has 0 radical (unpaired) electrons. The van der Waals surface area contributed by atoms with Crippen LogP contribution < -0.4 is 4.74 Å². The topological polar surface area (TPSA) is 67.6 Å². The van der Waals surface area contributed by atoms with Crippen molar-refractivity contribution in [1.82, 2.24) is 14.5 Å². The number of aliphatic hydroxyl groups excluding tert-OH is 1. The lowest BCUT2D eigenvalue weighted by Gasteiger charge is -2.18. The lowest BCUT2D eigenvalue weighted by Crippen LogP contribution is -2.26. The maximum Gasteiger partial charge on any atom is 0.223 e. The molecular formula is C25H29N3O3. The number of ether oxygens (including phenoxy) is 1. The van der Waals surface area contributed by atoms with Crippen molar-refractivity contribution in [2.24, 2.45) is 0 Å². The molecule has 1 saturated heterocycles. The summed E-state index contributed by atoms with van der Waals surface area (Å²) < 4.78 is 7.91. The molecule has 2 heterocycles. The first-order chi connectivity index (χ1) is 14.9. The fourth-order valence-electron chi connectivity index (χ4n) is 4.35. The Balaban J connectivity index is 1.54. The SMILES string of the molecule is C=CCN1C[C@@H](c2nc3ccccc3n2C[C@H](O)COc2cc(C)cc(C)c2)CC1=O. The van der Waals surface area contributed by atoms with Crippen LogP contribution in [0.3, 0.4) is 0 Å². The Kier molecular flexibility index (Phi) is 6.09. The Morgan fingerprint density at radius 1 is 1.26 bits per heavy atom. The molecule has 0 saturated carbocycles. The molecule has 31 heavy (non-hydrogen) atoms. The molecule has 0 unspecified atom stereocenters. The minimum atomic E-state index is -0.710. The number of amides is 1. The number of aliphatic hydroxyl groups is 1. The van der Waals surface area contributed by atoms with E-state index in [2.05, 4.69) is 12.6 Å². The van der Waals surface area contributed by atoms with Gasteiger partial charge in [0.15, 0.2) is 0 Å². The Morgan fingerprint density at radius 2 is 2.00 bits per heavy atom. The lowest BCUT2D eigenvalue weighted by molar-refractivity contribution is -0.127. The molecule has 0 spiro atoms. The molecule has 1 aliphatic heterocycles. The molecule has 1 aromatic heterocycles. The molecule has 0 bridgehead atoms. The molecule has 1 amide bonds. The molecule has 3 aromatic rings. The number of aromatic nitrogens is 2. The maximum absolute atomic E-state index is 12.4. The monoisotopic (exact) mass is 419 g/mol. The quantitative estimate of drug-likeness (QED) is 0.567. The summed E-state index contributed by atoms with van der Waals surface area (Å²) in [5.74, 6) is 1.70. The molecular weight excluding hydrogens is 390 g/mol. The normalized spacial score (nSPS) is 17.3. The van der Waals surface area contributed by atoms with E-state index >= 15 is 0 Å². The van der Waals surface area contributed by atoms with Gasteiger partial charge in [-0.25, -0.2) is 4.98 Å². The molecule has 1 N–H and O–H groups in total. The number of imidazole rings is 1. The van der Waals surface area contributed by atoms with E-state index in [4.69, 9.17) is 9.72 Å². The van der Waals surface area contributed by atoms with Crippen LogP contribution in [0.2, 0.25) is 0 Å². The number of nitrogens with zero attached hydrogens (tertiary/aromatic N) is 3. The van der Waals surface area contributed by atoms with Crippen LogP contribution in [0.1, 0.15) is 29.3 Å². The van der Waals surface area contributed by atoms with Crippen molar-refractivity contribution in [3.63, 3.8) is 0 Å². The molecule has 6 heteroatoms. The van der Waals surface area contributed by atoms with E-state index in [0.717, 1.165) is 33.7 Å². The highest BCUT2D eigenvalue weighted by atomic mass is 16.5. The highest BCUT2D eigenvalue weighted by molar-refractivity contribution is 5.81. The van der Waals surface area contributed by atoms with Gasteiger partial charge in [-0.3, -0.25) is 4.79 Å². The molecule has 2 aromatic carbocycles. The molecule has 1 aliphatic rings. The van der Waals surface area contributed by atoms with Gasteiger partial charge in [-0.05, 0) is 49.2 Å². The summed E-state index contributed by atoms with van der Waals surface area (Å²) in [6.07, 6.45) is 1.46. The van der Waals surface area contributed by atoms with E-state index in [1.165, 1.54) is 0 Å². The number of benzene rings is 2. The van der Waals surface area contributed by atoms with E-state index < -0.39 is 6.10 Å². The standard InChI is InChI=1S/C25H29N3O3/c1-4-9-27-14-19(13-24(27)30)25-26-22-7-5-6-8-23(22)28(25)15-20(29)16-31-21-11-17(2)10-18(3)12-21/h4-8,10-12,19-20,29H,1,9,13-16H2,2-3H3/t19-,20-/m0/s1. The van der Waals surface area contributed by atoms with Crippen molar-refractivity contribution < 1.29 is 14.6 Å². The Hall–Kier alpha value is -3.12. The predicted molar refractivity (Wildman–Crippen MR) is 121 cm³/mol. The van der Waals surface area contributed by atoms with E-state index in [1.807, 2.05) is 54.8 Å². The first kappa shape index (κ1) is 21.1. The van der Waals surface area contributed by atoms with Crippen molar-refractivity contribution in [1.29, 1.82) is 0 Å². The van der Waals surface area contributed by atoms with Crippen molar-refractivity contribution in [2.75, 3.05) is 19.7 Å². The Labute approximate surface area is 182 Å². The number of rotatable bonds is 8. The second kappa shape index (κ2) is 8.94. The van der Waals surface area contributed by atoms with Crippen LogP contribution in [0, 0.1) is 13.8 Å². The zero-order valence-corrected chi connectivity index (χ0v) is 18.1. The fraction of sp³-hybridized carbons (Fsp3) is 0.360. The van der Waals surface area contributed by atoms with Crippen LogP contribution >= 0.6 is 0 Å². The number of carbonyl (C=O) groups excluding carboxylic acids is 1. The molecule has 1 fully saturated rings. The number of likely N-dealkylation sites (tertiary alicyclic amines) is 1. The van der Waals surface area contributed by atoms with Crippen LogP contribution in [0.5, 0.6) is 5.75 Å². The van der Waals surface area contributed by atoms with Gasteiger partial charge >= 0.3 is 0 Å². The summed E-state index contributed by atoms with van der Waals surface area (Å²) >= 11 is 0. The van der Waals surface area contributed by atoms with E-state index in [9.17, 15) is 9.90 Å². The number of aryl methyl sites for hydroxylation is 2. The summed E-state index contributed by atoms with van der Waals surface area (Å²) in [7, 11) is 0. The third-order valence-corrected chi connectivity index (χ3v) is 5.64. The van der Waals surface area contributed by atoms with Gasteiger partial charge < -0.3 is 19.3 Å². The molecule has 4 rings (SSSR count). The third kappa shape index (κ3) is 4.64. The van der Waals surface area contributed by atoms with Gasteiger partial charge in [-0.2, -0.15) is 0 Å². The van der Waals surface area contributed by atoms with Crippen molar-refractivity contribution in [3.8, 4) is 5.75 Å². The highest BCUT2D eigenvalue weighted by Gasteiger charge is 2.33. The first-order valence-electron chi connectivity index (χ1n) is 10.7.